The normalized spacial score (nSPS) is 12.4. The number of aryl methyl sites for hydroxylation is 2. The number of hydrogen-bond acceptors (Lipinski definition) is 3. The fraction of sp³-hybridized carbons (Fsp3) is 0.400. The molecule has 0 radical (unpaired) electrons. The van der Waals surface area contributed by atoms with E-state index in [2.05, 4.69) is 35.7 Å². The molecule has 0 aliphatic rings. The minimum Gasteiger partial charge on any atom is -0.281 e. The zero-order chi connectivity index (χ0) is 15.8. The van der Waals surface area contributed by atoms with Gasteiger partial charge in [-0.2, -0.15) is 5.10 Å². The number of benzene rings is 1. The summed E-state index contributed by atoms with van der Waals surface area (Å²) in [5.74, 6) is 0.299. The zero-order valence-electron chi connectivity index (χ0n) is 13.0. The van der Waals surface area contributed by atoms with Gasteiger partial charge in [0.1, 0.15) is 0 Å². The van der Waals surface area contributed by atoms with Gasteiger partial charge in [-0.3, -0.25) is 9.82 Å². The molecule has 2 aromatic rings. The fourth-order valence-corrected chi connectivity index (χ4v) is 3.28. The van der Waals surface area contributed by atoms with Crippen molar-refractivity contribution in [3.05, 3.63) is 41.1 Å². The molecule has 0 atom stereocenters. The second kappa shape index (κ2) is 5.18. The van der Waals surface area contributed by atoms with Gasteiger partial charge in [0.15, 0.2) is 5.82 Å². The Morgan fingerprint density at radius 2 is 1.81 bits per heavy atom. The standard InChI is InChI=1S/C15H21N3O2S/c1-10-6-7-12(15(3,4)5)9-13(10)21(19,20)18-14-8-11(2)16-17-14/h6-9H,1-5H3,(H2,16,17,18). The lowest BCUT2D eigenvalue weighted by Crippen LogP contribution is -2.17. The lowest BCUT2D eigenvalue weighted by Gasteiger charge is -2.20. The van der Waals surface area contributed by atoms with Crippen molar-refractivity contribution in [1.82, 2.24) is 10.2 Å². The van der Waals surface area contributed by atoms with E-state index in [1.165, 1.54) is 0 Å². The predicted octanol–water partition coefficient (Wildman–Crippen LogP) is 3.12. The van der Waals surface area contributed by atoms with Crippen LogP contribution in [0.1, 0.15) is 37.6 Å². The van der Waals surface area contributed by atoms with Crippen LogP contribution in [-0.2, 0) is 15.4 Å². The second-order valence-electron chi connectivity index (χ2n) is 6.27. The third-order valence-electron chi connectivity index (χ3n) is 3.29. The van der Waals surface area contributed by atoms with Crippen molar-refractivity contribution in [2.45, 2.75) is 44.9 Å². The Hall–Kier alpha value is -1.82. The van der Waals surface area contributed by atoms with Crippen molar-refractivity contribution in [3.8, 4) is 0 Å². The second-order valence-corrected chi connectivity index (χ2v) is 7.92. The first kappa shape index (κ1) is 15.6. The van der Waals surface area contributed by atoms with Crippen LogP contribution >= 0.6 is 0 Å². The van der Waals surface area contributed by atoms with Crippen LogP contribution in [-0.4, -0.2) is 18.6 Å². The Bertz CT molecular complexity index is 755. The molecule has 0 spiro atoms. The van der Waals surface area contributed by atoms with E-state index in [-0.39, 0.29) is 10.3 Å². The molecule has 114 valence electrons. The maximum absolute atomic E-state index is 12.5. The highest BCUT2D eigenvalue weighted by atomic mass is 32.2. The van der Waals surface area contributed by atoms with E-state index in [1.54, 1.807) is 19.1 Å². The quantitative estimate of drug-likeness (QED) is 0.915. The molecule has 0 fully saturated rings. The van der Waals surface area contributed by atoms with Crippen molar-refractivity contribution in [2.75, 3.05) is 4.72 Å². The highest BCUT2D eigenvalue weighted by Gasteiger charge is 2.22. The van der Waals surface area contributed by atoms with E-state index < -0.39 is 10.0 Å². The average Bonchev–Trinajstić information content (AvgIpc) is 2.72. The summed E-state index contributed by atoms with van der Waals surface area (Å²) in [6.07, 6.45) is 0. The lowest BCUT2D eigenvalue weighted by atomic mass is 9.87. The highest BCUT2D eigenvalue weighted by molar-refractivity contribution is 7.92. The predicted molar refractivity (Wildman–Crippen MR) is 84.0 cm³/mol. The van der Waals surface area contributed by atoms with Gasteiger partial charge in [-0.1, -0.05) is 32.9 Å². The summed E-state index contributed by atoms with van der Waals surface area (Å²) in [6.45, 7) is 9.77. The van der Waals surface area contributed by atoms with E-state index in [4.69, 9.17) is 0 Å². The van der Waals surface area contributed by atoms with Crippen LogP contribution in [0.15, 0.2) is 29.2 Å². The molecular weight excluding hydrogens is 286 g/mol. The van der Waals surface area contributed by atoms with Crippen molar-refractivity contribution >= 4 is 15.8 Å². The van der Waals surface area contributed by atoms with Crippen molar-refractivity contribution in [3.63, 3.8) is 0 Å². The molecule has 1 aromatic heterocycles. The molecule has 0 unspecified atom stereocenters. The first-order valence-electron chi connectivity index (χ1n) is 6.75. The summed E-state index contributed by atoms with van der Waals surface area (Å²) in [4.78, 5) is 0.288. The summed E-state index contributed by atoms with van der Waals surface area (Å²) >= 11 is 0. The Kier molecular flexibility index (Phi) is 3.84. The van der Waals surface area contributed by atoms with Crippen molar-refractivity contribution < 1.29 is 8.42 Å². The summed E-state index contributed by atoms with van der Waals surface area (Å²) in [5, 5.41) is 6.63. The van der Waals surface area contributed by atoms with Crippen LogP contribution in [0.4, 0.5) is 5.82 Å². The molecule has 5 nitrogen and oxygen atoms in total. The van der Waals surface area contributed by atoms with Crippen LogP contribution in [0.2, 0.25) is 0 Å². The molecule has 0 saturated heterocycles. The van der Waals surface area contributed by atoms with Gasteiger partial charge in [-0.25, -0.2) is 8.42 Å². The molecule has 21 heavy (non-hydrogen) atoms. The Balaban J connectivity index is 2.44. The number of sulfonamides is 1. The third kappa shape index (κ3) is 3.44. The van der Waals surface area contributed by atoms with E-state index in [0.29, 0.717) is 11.4 Å². The van der Waals surface area contributed by atoms with Gasteiger partial charge < -0.3 is 0 Å². The van der Waals surface area contributed by atoms with Gasteiger partial charge in [0, 0.05) is 11.8 Å². The van der Waals surface area contributed by atoms with Gasteiger partial charge in [0.2, 0.25) is 0 Å². The molecule has 0 aliphatic carbocycles. The number of nitrogens with one attached hydrogen (secondary N) is 2. The monoisotopic (exact) mass is 307 g/mol. The molecule has 1 aromatic carbocycles. The number of aromatic amines is 1. The maximum atomic E-state index is 12.5. The molecule has 0 amide bonds. The molecule has 1 heterocycles. The number of nitrogens with zero attached hydrogens (tertiary/aromatic N) is 1. The molecule has 0 aliphatic heterocycles. The number of hydrogen-bond donors (Lipinski definition) is 2. The van der Waals surface area contributed by atoms with E-state index >= 15 is 0 Å². The molecular formula is C15H21N3O2S. The average molecular weight is 307 g/mol. The first-order valence-corrected chi connectivity index (χ1v) is 8.24. The number of H-pyrrole nitrogens is 1. The third-order valence-corrected chi connectivity index (χ3v) is 4.79. The van der Waals surface area contributed by atoms with Crippen LogP contribution in [0, 0.1) is 13.8 Å². The summed E-state index contributed by atoms with van der Waals surface area (Å²) in [5.41, 5.74) is 2.38. The van der Waals surface area contributed by atoms with Crippen molar-refractivity contribution in [1.29, 1.82) is 0 Å². The number of anilines is 1. The zero-order valence-corrected chi connectivity index (χ0v) is 13.8. The van der Waals surface area contributed by atoms with Gasteiger partial charge >= 0.3 is 0 Å². The Morgan fingerprint density at radius 3 is 2.33 bits per heavy atom. The van der Waals surface area contributed by atoms with Gasteiger partial charge in [-0.15, -0.1) is 0 Å². The number of aromatic nitrogens is 2. The lowest BCUT2D eigenvalue weighted by molar-refractivity contribution is 0.584. The fourth-order valence-electron chi connectivity index (χ4n) is 2.02. The summed E-state index contributed by atoms with van der Waals surface area (Å²) < 4.78 is 27.6. The molecule has 2 N–H and O–H groups in total. The molecule has 2 rings (SSSR count). The minimum absolute atomic E-state index is 0.110. The molecule has 0 bridgehead atoms. The van der Waals surface area contributed by atoms with Gasteiger partial charge in [-0.05, 0) is 36.5 Å². The van der Waals surface area contributed by atoms with Gasteiger partial charge in [0.05, 0.1) is 4.90 Å². The maximum Gasteiger partial charge on any atom is 0.263 e. The van der Waals surface area contributed by atoms with Crippen LogP contribution in [0.25, 0.3) is 0 Å². The first-order chi connectivity index (χ1) is 9.59. The Labute approximate surface area is 125 Å². The van der Waals surface area contributed by atoms with Crippen LogP contribution < -0.4 is 4.72 Å². The van der Waals surface area contributed by atoms with E-state index in [9.17, 15) is 8.42 Å². The smallest absolute Gasteiger partial charge is 0.263 e. The highest BCUT2D eigenvalue weighted by Crippen LogP contribution is 2.27. The van der Waals surface area contributed by atoms with Crippen LogP contribution in [0.3, 0.4) is 0 Å². The molecule has 0 saturated carbocycles. The number of rotatable bonds is 3. The van der Waals surface area contributed by atoms with Crippen molar-refractivity contribution in [2.24, 2.45) is 0 Å². The van der Waals surface area contributed by atoms with E-state index in [0.717, 1.165) is 11.3 Å². The Morgan fingerprint density at radius 1 is 1.14 bits per heavy atom. The SMILES string of the molecule is Cc1cc(NS(=O)(=O)c2cc(C(C)(C)C)ccc2C)n[nH]1. The van der Waals surface area contributed by atoms with Crippen LogP contribution in [0.5, 0.6) is 0 Å². The summed E-state index contributed by atoms with van der Waals surface area (Å²) in [6, 6.07) is 7.19. The molecule has 6 heteroatoms. The minimum atomic E-state index is -3.65. The summed E-state index contributed by atoms with van der Waals surface area (Å²) in [7, 11) is -3.65. The topological polar surface area (TPSA) is 74.8 Å². The largest absolute Gasteiger partial charge is 0.281 e. The van der Waals surface area contributed by atoms with E-state index in [1.807, 2.05) is 19.1 Å². The van der Waals surface area contributed by atoms with Gasteiger partial charge in [0.25, 0.3) is 10.0 Å².